The summed E-state index contributed by atoms with van der Waals surface area (Å²) < 4.78 is 0. The maximum Gasteiger partial charge on any atom is 0.126 e. The van der Waals surface area contributed by atoms with Crippen LogP contribution in [0.3, 0.4) is 0 Å². The lowest BCUT2D eigenvalue weighted by Crippen LogP contribution is -2.27. The van der Waals surface area contributed by atoms with E-state index in [0.717, 1.165) is 38.5 Å². The van der Waals surface area contributed by atoms with Gasteiger partial charge in [-0.25, -0.2) is 4.98 Å². The number of hydrogen-bond donors (Lipinski definition) is 2. The van der Waals surface area contributed by atoms with E-state index in [4.69, 9.17) is 0 Å². The van der Waals surface area contributed by atoms with Crippen molar-refractivity contribution in [1.82, 2.24) is 10.3 Å². The Bertz CT molecular complexity index is 301. The van der Waals surface area contributed by atoms with E-state index < -0.39 is 0 Å². The zero-order valence-corrected chi connectivity index (χ0v) is 9.87. The Morgan fingerprint density at radius 1 is 1.38 bits per heavy atom. The molecule has 2 rings (SSSR count). The molecule has 0 unspecified atom stereocenters. The van der Waals surface area contributed by atoms with Crippen LogP contribution in [0.4, 0.5) is 11.5 Å². The van der Waals surface area contributed by atoms with Crippen LogP contribution in [0.2, 0.25) is 0 Å². The number of nitrogens with zero attached hydrogens (tertiary/aromatic N) is 2. The fourth-order valence-corrected chi connectivity index (χ4v) is 1.96. The zero-order valence-electron chi connectivity index (χ0n) is 9.87. The van der Waals surface area contributed by atoms with Crippen molar-refractivity contribution < 1.29 is 0 Å². The van der Waals surface area contributed by atoms with Gasteiger partial charge >= 0.3 is 0 Å². The molecule has 16 heavy (non-hydrogen) atoms. The van der Waals surface area contributed by atoms with E-state index in [0.29, 0.717) is 0 Å². The summed E-state index contributed by atoms with van der Waals surface area (Å²) in [6.45, 7) is 7.38. The smallest absolute Gasteiger partial charge is 0.126 e. The van der Waals surface area contributed by atoms with Gasteiger partial charge in [0.25, 0.3) is 0 Å². The van der Waals surface area contributed by atoms with Crippen LogP contribution in [-0.2, 0) is 0 Å². The van der Waals surface area contributed by atoms with Crippen molar-refractivity contribution in [3.05, 3.63) is 18.3 Å². The SMILES string of the molecule is CCNc1ccc(N2CCCNCC2)cn1. The van der Waals surface area contributed by atoms with Gasteiger partial charge in [-0.3, -0.25) is 0 Å². The molecule has 0 bridgehead atoms. The van der Waals surface area contributed by atoms with Crippen LogP contribution < -0.4 is 15.5 Å². The van der Waals surface area contributed by atoms with E-state index in [1.54, 1.807) is 0 Å². The van der Waals surface area contributed by atoms with Crippen molar-refractivity contribution in [2.75, 3.05) is 42.9 Å². The molecule has 88 valence electrons. The minimum Gasteiger partial charge on any atom is -0.370 e. The second kappa shape index (κ2) is 5.70. The van der Waals surface area contributed by atoms with Crippen LogP contribution in [0, 0.1) is 0 Å². The Kier molecular flexibility index (Phi) is 3.99. The van der Waals surface area contributed by atoms with Gasteiger partial charge in [0.2, 0.25) is 0 Å². The molecule has 4 nitrogen and oxygen atoms in total. The topological polar surface area (TPSA) is 40.2 Å². The molecule has 1 aromatic heterocycles. The van der Waals surface area contributed by atoms with Gasteiger partial charge in [-0.2, -0.15) is 0 Å². The summed E-state index contributed by atoms with van der Waals surface area (Å²) in [6.07, 6.45) is 3.16. The van der Waals surface area contributed by atoms with Gasteiger partial charge in [0, 0.05) is 26.2 Å². The molecule has 0 atom stereocenters. The van der Waals surface area contributed by atoms with Crippen molar-refractivity contribution in [2.45, 2.75) is 13.3 Å². The van der Waals surface area contributed by atoms with E-state index >= 15 is 0 Å². The first-order valence-corrected chi connectivity index (χ1v) is 6.05. The highest BCUT2D eigenvalue weighted by Crippen LogP contribution is 2.15. The minimum atomic E-state index is 0.917. The first-order chi connectivity index (χ1) is 7.90. The standard InChI is InChI=1S/C12H20N4/c1-2-14-12-5-4-11(10-15-12)16-8-3-6-13-7-9-16/h4-5,10,13H,2-3,6-9H2,1H3,(H,14,15). The molecular weight excluding hydrogens is 200 g/mol. The average molecular weight is 220 g/mol. The van der Waals surface area contributed by atoms with Crippen LogP contribution in [-0.4, -0.2) is 37.7 Å². The minimum absolute atomic E-state index is 0.917. The number of nitrogens with one attached hydrogen (secondary N) is 2. The third kappa shape index (κ3) is 2.85. The first kappa shape index (κ1) is 11.2. The summed E-state index contributed by atoms with van der Waals surface area (Å²) in [5.74, 6) is 0.958. The van der Waals surface area contributed by atoms with Gasteiger partial charge in [-0.05, 0) is 32.0 Å². The van der Waals surface area contributed by atoms with E-state index in [2.05, 4.69) is 39.6 Å². The second-order valence-corrected chi connectivity index (χ2v) is 4.02. The number of pyridine rings is 1. The molecule has 4 heteroatoms. The number of anilines is 2. The molecule has 1 aliphatic heterocycles. The van der Waals surface area contributed by atoms with Crippen molar-refractivity contribution in [3.8, 4) is 0 Å². The summed E-state index contributed by atoms with van der Waals surface area (Å²) >= 11 is 0. The molecule has 1 fully saturated rings. The second-order valence-electron chi connectivity index (χ2n) is 4.02. The normalized spacial score (nSPS) is 16.9. The lowest BCUT2D eigenvalue weighted by atomic mass is 10.3. The molecule has 2 heterocycles. The van der Waals surface area contributed by atoms with E-state index in [1.807, 2.05) is 6.20 Å². The lowest BCUT2D eigenvalue weighted by molar-refractivity contribution is 0.724. The van der Waals surface area contributed by atoms with Gasteiger partial charge in [-0.15, -0.1) is 0 Å². The molecule has 0 amide bonds. The van der Waals surface area contributed by atoms with Crippen molar-refractivity contribution in [3.63, 3.8) is 0 Å². The largest absolute Gasteiger partial charge is 0.370 e. The average Bonchev–Trinajstić information content (AvgIpc) is 2.59. The van der Waals surface area contributed by atoms with E-state index in [-0.39, 0.29) is 0 Å². The van der Waals surface area contributed by atoms with Crippen LogP contribution in [0.5, 0.6) is 0 Å². The molecule has 1 aromatic rings. The highest BCUT2D eigenvalue weighted by atomic mass is 15.2. The van der Waals surface area contributed by atoms with Gasteiger partial charge in [0.15, 0.2) is 0 Å². The van der Waals surface area contributed by atoms with Crippen LogP contribution in [0.1, 0.15) is 13.3 Å². The van der Waals surface area contributed by atoms with Crippen LogP contribution in [0.15, 0.2) is 18.3 Å². The van der Waals surface area contributed by atoms with E-state index in [9.17, 15) is 0 Å². The van der Waals surface area contributed by atoms with Gasteiger partial charge in [0.1, 0.15) is 5.82 Å². The molecule has 0 radical (unpaired) electrons. The summed E-state index contributed by atoms with van der Waals surface area (Å²) in [5.41, 5.74) is 1.23. The molecule has 0 aliphatic carbocycles. The molecular formula is C12H20N4. The Labute approximate surface area is 97.1 Å². The van der Waals surface area contributed by atoms with Gasteiger partial charge in [0.05, 0.1) is 11.9 Å². The molecule has 0 aromatic carbocycles. The molecule has 0 saturated carbocycles. The first-order valence-electron chi connectivity index (χ1n) is 6.05. The fraction of sp³-hybridized carbons (Fsp3) is 0.583. The Hall–Kier alpha value is -1.29. The summed E-state index contributed by atoms with van der Waals surface area (Å²) in [7, 11) is 0. The fourth-order valence-electron chi connectivity index (χ4n) is 1.96. The summed E-state index contributed by atoms with van der Waals surface area (Å²) in [4.78, 5) is 6.79. The van der Waals surface area contributed by atoms with Crippen LogP contribution in [0.25, 0.3) is 0 Å². The summed E-state index contributed by atoms with van der Waals surface area (Å²) in [5, 5.41) is 6.61. The zero-order chi connectivity index (χ0) is 11.2. The molecule has 1 aliphatic rings. The highest BCUT2D eigenvalue weighted by molar-refractivity contribution is 5.49. The maximum absolute atomic E-state index is 4.40. The molecule has 1 saturated heterocycles. The monoisotopic (exact) mass is 220 g/mol. The third-order valence-electron chi connectivity index (χ3n) is 2.81. The number of aromatic nitrogens is 1. The number of rotatable bonds is 3. The highest BCUT2D eigenvalue weighted by Gasteiger charge is 2.09. The van der Waals surface area contributed by atoms with Crippen molar-refractivity contribution in [1.29, 1.82) is 0 Å². The number of hydrogen-bond acceptors (Lipinski definition) is 4. The van der Waals surface area contributed by atoms with Crippen molar-refractivity contribution >= 4 is 11.5 Å². The Morgan fingerprint density at radius 3 is 3.06 bits per heavy atom. The van der Waals surface area contributed by atoms with Crippen molar-refractivity contribution in [2.24, 2.45) is 0 Å². The van der Waals surface area contributed by atoms with Gasteiger partial charge < -0.3 is 15.5 Å². The lowest BCUT2D eigenvalue weighted by Gasteiger charge is -2.21. The Balaban J connectivity index is 2.01. The maximum atomic E-state index is 4.40. The quantitative estimate of drug-likeness (QED) is 0.806. The third-order valence-corrected chi connectivity index (χ3v) is 2.81. The predicted molar refractivity (Wildman–Crippen MR) is 68.1 cm³/mol. The predicted octanol–water partition coefficient (Wildman–Crippen LogP) is 1.31. The molecule has 0 spiro atoms. The molecule has 2 N–H and O–H groups in total. The van der Waals surface area contributed by atoms with Crippen LogP contribution >= 0.6 is 0 Å². The van der Waals surface area contributed by atoms with E-state index in [1.165, 1.54) is 12.1 Å². The Morgan fingerprint density at radius 2 is 2.31 bits per heavy atom. The summed E-state index contributed by atoms with van der Waals surface area (Å²) in [6, 6.07) is 4.20. The van der Waals surface area contributed by atoms with Gasteiger partial charge in [-0.1, -0.05) is 0 Å².